The maximum Gasteiger partial charge on any atom is 0.322 e. The fourth-order valence-electron chi connectivity index (χ4n) is 1.29. The Morgan fingerprint density at radius 2 is 2.00 bits per heavy atom. The van der Waals surface area contributed by atoms with E-state index in [1.54, 1.807) is 14.1 Å². The molecule has 0 saturated carbocycles. The molecular weight excluding hydrogens is 156 g/mol. The van der Waals surface area contributed by atoms with E-state index in [-0.39, 0.29) is 6.04 Å². The van der Waals surface area contributed by atoms with Crippen molar-refractivity contribution in [1.82, 2.24) is 10.6 Å². The highest BCUT2D eigenvalue weighted by Crippen LogP contribution is 2.01. The van der Waals surface area contributed by atoms with Crippen LogP contribution in [-0.2, 0) is 4.79 Å². The van der Waals surface area contributed by atoms with Gasteiger partial charge in [-0.2, -0.15) is 0 Å². The van der Waals surface area contributed by atoms with Crippen molar-refractivity contribution in [2.75, 3.05) is 14.1 Å². The summed E-state index contributed by atoms with van der Waals surface area (Å²) in [5, 5.41) is 14.6. The number of aliphatic carboxylic acids is 1. The van der Waals surface area contributed by atoms with Crippen LogP contribution in [0.25, 0.3) is 0 Å². The number of hydrogen-bond donors (Lipinski definition) is 3. The standard InChI is InChI=1S/C8H18N2O2/c1-4-5-6(9-2)7(10-3)8(11)12/h6-7,9-10H,4-5H2,1-3H3,(H,11,12). The molecule has 0 spiro atoms. The number of likely N-dealkylation sites (N-methyl/N-ethyl adjacent to an activating group) is 2. The molecule has 12 heavy (non-hydrogen) atoms. The number of nitrogens with one attached hydrogen (secondary N) is 2. The van der Waals surface area contributed by atoms with Crippen LogP contribution in [0.3, 0.4) is 0 Å². The number of carboxylic acids is 1. The minimum Gasteiger partial charge on any atom is -0.480 e. The summed E-state index contributed by atoms with van der Waals surface area (Å²) in [5.74, 6) is -0.801. The molecule has 4 nitrogen and oxygen atoms in total. The highest BCUT2D eigenvalue weighted by molar-refractivity contribution is 5.74. The van der Waals surface area contributed by atoms with Gasteiger partial charge in [-0.25, -0.2) is 0 Å². The monoisotopic (exact) mass is 174 g/mol. The van der Waals surface area contributed by atoms with Gasteiger partial charge in [0.1, 0.15) is 6.04 Å². The zero-order chi connectivity index (χ0) is 9.56. The molecule has 0 bridgehead atoms. The second-order valence-corrected chi connectivity index (χ2v) is 2.79. The van der Waals surface area contributed by atoms with Gasteiger partial charge >= 0.3 is 5.97 Å². The Labute approximate surface area is 73.3 Å². The van der Waals surface area contributed by atoms with Crippen LogP contribution in [0.4, 0.5) is 0 Å². The fourth-order valence-corrected chi connectivity index (χ4v) is 1.29. The maximum atomic E-state index is 10.7. The van der Waals surface area contributed by atoms with Crippen molar-refractivity contribution in [2.24, 2.45) is 0 Å². The highest BCUT2D eigenvalue weighted by Gasteiger charge is 2.23. The van der Waals surface area contributed by atoms with Gasteiger partial charge in [-0.1, -0.05) is 13.3 Å². The molecule has 0 aliphatic heterocycles. The average molecular weight is 174 g/mol. The van der Waals surface area contributed by atoms with Gasteiger partial charge in [0, 0.05) is 6.04 Å². The molecule has 0 radical (unpaired) electrons. The summed E-state index contributed by atoms with van der Waals surface area (Å²) in [6, 6.07) is -0.479. The SMILES string of the molecule is CCCC(NC)C(NC)C(=O)O. The van der Waals surface area contributed by atoms with Crippen molar-refractivity contribution in [3.63, 3.8) is 0 Å². The molecule has 0 aromatic carbocycles. The number of carboxylic acid groups (broad SMARTS) is 1. The average Bonchev–Trinajstić information content (AvgIpc) is 2.03. The van der Waals surface area contributed by atoms with Gasteiger partial charge < -0.3 is 15.7 Å². The Bertz CT molecular complexity index is 139. The van der Waals surface area contributed by atoms with Crippen LogP contribution in [0.5, 0.6) is 0 Å². The lowest BCUT2D eigenvalue weighted by Crippen LogP contribution is -2.50. The summed E-state index contributed by atoms with van der Waals surface area (Å²) in [7, 11) is 3.45. The van der Waals surface area contributed by atoms with Gasteiger partial charge in [-0.05, 0) is 20.5 Å². The van der Waals surface area contributed by atoms with Crippen LogP contribution in [0.1, 0.15) is 19.8 Å². The highest BCUT2D eigenvalue weighted by atomic mass is 16.4. The third-order valence-electron chi connectivity index (χ3n) is 1.95. The summed E-state index contributed by atoms with van der Waals surface area (Å²) in [6.07, 6.45) is 1.85. The van der Waals surface area contributed by atoms with Crippen LogP contribution < -0.4 is 10.6 Å². The van der Waals surface area contributed by atoms with E-state index in [1.807, 2.05) is 6.92 Å². The molecule has 0 amide bonds. The second kappa shape index (κ2) is 5.97. The third-order valence-corrected chi connectivity index (χ3v) is 1.95. The minimum atomic E-state index is -0.801. The van der Waals surface area contributed by atoms with Crippen molar-refractivity contribution in [2.45, 2.75) is 31.8 Å². The normalized spacial score (nSPS) is 15.6. The van der Waals surface area contributed by atoms with Gasteiger partial charge in [0.25, 0.3) is 0 Å². The van der Waals surface area contributed by atoms with Crippen molar-refractivity contribution >= 4 is 5.97 Å². The van der Waals surface area contributed by atoms with E-state index >= 15 is 0 Å². The molecule has 2 unspecified atom stereocenters. The molecule has 72 valence electrons. The Balaban J connectivity index is 4.12. The molecule has 0 aliphatic carbocycles. The van der Waals surface area contributed by atoms with Gasteiger partial charge in [-0.3, -0.25) is 4.79 Å². The number of rotatable bonds is 6. The van der Waals surface area contributed by atoms with Crippen molar-refractivity contribution in [3.05, 3.63) is 0 Å². The van der Waals surface area contributed by atoms with E-state index in [2.05, 4.69) is 10.6 Å². The molecule has 0 saturated heterocycles. The molecule has 0 aromatic heterocycles. The first-order chi connectivity index (χ1) is 5.67. The first-order valence-corrected chi connectivity index (χ1v) is 4.24. The van der Waals surface area contributed by atoms with E-state index < -0.39 is 12.0 Å². The predicted octanol–water partition coefficient (Wildman–Crippen LogP) is 0.0471. The van der Waals surface area contributed by atoms with E-state index in [0.717, 1.165) is 12.8 Å². The second-order valence-electron chi connectivity index (χ2n) is 2.79. The summed E-state index contributed by atoms with van der Waals surface area (Å²) in [6.45, 7) is 2.04. The lowest BCUT2D eigenvalue weighted by Gasteiger charge is -2.22. The Morgan fingerprint density at radius 1 is 1.42 bits per heavy atom. The van der Waals surface area contributed by atoms with Crippen LogP contribution in [0, 0.1) is 0 Å². The predicted molar refractivity (Wildman–Crippen MR) is 48.2 cm³/mol. The third kappa shape index (κ3) is 3.19. The smallest absolute Gasteiger partial charge is 0.322 e. The van der Waals surface area contributed by atoms with Crippen molar-refractivity contribution in [3.8, 4) is 0 Å². The Kier molecular flexibility index (Phi) is 5.66. The minimum absolute atomic E-state index is 0.0116. The van der Waals surface area contributed by atoms with Crippen molar-refractivity contribution in [1.29, 1.82) is 0 Å². The Morgan fingerprint density at radius 3 is 2.25 bits per heavy atom. The number of carbonyl (C=O) groups is 1. The molecule has 0 fully saturated rings. The maximum absolute atomic E-state index is 10.7. The van der Waals surface area contributed by atoms with E-state index in [1.165, 1.54) is 0 Å². The first kappa shape index (κ1) is 11.4. The number of hydrogen-bond acceptors (Lipinski definition) is 3. The van der Waals surface area contributed by atoms with Crippen molar-refractivity contribution < 1.29 is 9.90 Å². The lowest BCUT2D eigenvalue weighted by atomic mass is 10.0. The van der Waals surface area contributed by atoms with Gasteiger partial charge in [0.05, 0.1) is 0 Å². The van der Waals surface area contributed by atoms with Crippen LogP contribution in [-0.4, -0.2) is 37.3 Å². The molecule has 0 heterocycles. The van der Waals surface area contributed by atoms with Gasteiger partial charge in [0.2, 0.25) is 0 Å². The van der Waals surface area contributed by atoms with Gasteiger partial charge in [-0.15, -0.1) is 0 Å². The molecule has 3 N–H and O–H groups in total. The van der Waals surface area contributed by atoms with Crippen LogP contribution in [0.15, 0.2) is 0 Å². The summed E-state index contributed by atoms with van der Waals surface area (Å²) < 4.78 is 0. The molecule has 2 atom stereocenters. The van der Waals surface area contributed by atoms with E-state index in [9.17, 15) is 4.79 Å². The molecule has 0 aliphatic rings. The largest absolute Gasteiger partial charge is 0.480 e. The molecule has 0 aromatic rings. The molecular formula is C8H18N2O2. The summed E-state index contributed by atoms with van der Waals surface area (Å²) in [5.41, 5.74) is 0. The van der Waals surface area contributed by atoms with E-state index in [0.29, 0.717) is 0 Å². The Hall–Kier alpha value is -0.610. The van der Waals surface area contributed by atoms with Gasteiger partial charge in [0.15, 0.2) is 0 Å². The zero-order valence-electron chi connectivity index (χ0n) is 7.92. The van der Waals surface area contributed by atoms with E-state index in [4.69, 9.17) is 5.11 Å². The molecule has 4 heteroatoms. The van der Waals surface area contributed by atoms with Crippen LogP contribution >= 0.6 is 0 Å². The summed E-state index contributed by atoms with van der Waals surface area (Å²) in [4.78, 5) is 10.7. The fraction of sp³-hybridized carbons (Fsp3) is 0.875. The molecule has 0 rings (SSSR count). The topological polar surface area (TPSA) is 61.4 Å². The summed E-state index contributed by atoms with van der Waals surface area (Å²) >= 11 is 0. The zero-order valence-corrected chi connectivity index (χ0v) is 7.92. The quantitative estimate of drug-likeness (QED) is 0.532. The lowest BCUT2D eigenvalue weighted by molar-refractivity contribution is -0.140. The first-order valence-electron chi connectivity index (χ1n) is 4.24. The van der Waals surface area contributed by atoms with Crippen LogP contribution in [0.2, 0.25) is 0 Å².